The quantitative estimate of drug-likeness (QED) is 0.650. The van der Waals surface area contributed by atoms with Gasteiger partial charge in [0.1, 0.15) is 11.6 Å². The Labute approximate surface area is 151 Å². The summed E-state index contributed by atoms with van der Waals surface area (Å²) in [5.74, 6) is 1.64. The first kappa shape index (κ1) is 16.4. The maximum atomic E-state index is 11.8. The molecule has 0 saturated heterocycles. The number of nitrogens with one attached hydrogen (secondary N) is 2. The fraction of sp³-hybridized carbons (Fsp3) is 0.316. The van der Waals surface area contributed by atoms with Gasteiger partial charge in [0.25, 0.3) is 0 Å². The topological polar surface area (TPSA) is 80.6 Å². The summed E-state index contributed by atoms with van der Waals surface area (Å²) in [4.78, 5) is 16.5. The van der Waals surface area contributed by atoms with E-state index in [0.29, 0.717) is 26.1 Å². The Kier molecular flexibility index (Phi) is 4.68. The Morgan fingerprint density at radius 3 is 3.00 bits per heavy atom. The van der Waals surface area contributed by atoms with E-state index < -0.39 is 0 Å². The molecule has 2 N–H and O–H groups in total. The maximum absolute atomic E-state index is 11.8. The summed E-state index contributed by atoms with van der Waals surface area (Å²) >= 11 is 0. The summed E-state index contributed by atoms with van der Waals surface area (Å²) in [6.45, 7) is 1.87. The minimum atomic E-state index is 0.0691. The Morgan fingerprint density at radius 2 is 2.04 bits per heavy atom. The van der Waals surface area contributed by atoms with Crippen LogP contribution in [0.15, 0.2) is 42.7 Å². The summed E-state index contributed by atoms with van der Waals surface area (Å²) in [6.07, 6.45) is 5.73. The van der Waals surface area contributed by atoms with E-state index in [1.807, 2.05) is 42.7 Å². The van der Waals surface area contributed by atoms with Gasteiger partial charge in [-0.15, -0.1) is 0 Å². The van der Waals surface area contributed by atoms with Crippen LogP contribution in [0, 0.1) is 0 Å². The molecule has 1 aliphatic heterocycles. The van der Waals surface area contributed by atoms with Crippen molar-refractivity contribution < 1.29 is 9.53 Å². The Balaban J connectivity index is 1.68. The van der Waals surface area contributed by atoms with Gasteiger partial charge in [-0.3, -0.25) is 4.79 Å². The lowest BCUT2D eigenvalue weighted by Crippen LogP contribution is -2.25. The molecule has 4 bridgehead atoms. The lowest BCUT2D eigenvalue weighted by Gasteiger charge is -2.08. The summed E-state index contributed by atoms with van der Waals surface area (Å²) in [5, 5.41) is 10.6. The van der Waals surface area contributed by atoms with Gasteiger partial charge in [-0.2, -0.15) is 5.10 Å². The van der Waals surface area contributed by atoms with Crippen LogP contribution in [0.4, 0.5) is 5.82 Å². The molecule has 0 fully saturated rings. The second kappa shape index (κ2) is 7.43. The van der Waals surface area contributed by atoms with E-state index in [0.717, 1.165) is 41.2 Å². The van der Waals surface area contributed by atoms with Gasteiger partial charge in [-0.1, -0.05) is 12.1 Å². The number of amides is 1. The SMILES string of the molecule is O=C1CCCNc2ccn3ncc(c3n2)-c2cccc(c2)OCCCN1. The molecule has 1 aliphatic rings. The summed E-state index contributed by atoms with van der Waals surface area (Å²) in [5.41, 5.74) is 2.76. The van der Waals surface area contributed by atoms with Crippen LogP contribution >= 0.6 is 0 Å². The van der Waals surface area contributed by atoms with E-state index in [1.54, 1.807) is 4.52 Å². The molecule has 1 aromatic carbocycles. The highest BCUT2D eigenvalue weighted by Gasteiger charge is 2.10. The Hall–Kier alpha value is -3.09. The van der Waals surface area contributed by atoms with Gasteiger partial charge >= 0.3 is 0 Å². The van der Waals surface area contributed by atoms with Crippen LogP contribution in [0.3, 0.4) is 0 Å². The lowest BCUT2D eigenvalue weighted by molar-refractivity contribution is -0.121. The zero-order valence-corrected chi connectivity index (χ0v) is 14.4. The zero-order valence-electron chi connectivity index (χ0n) is 14.4. The van der Waals surface area contributed by atoms with Crippen LogP contribution in [-0.4, -0.2) is 40.2 Å². The Bertz CT molecular complexity index is 921. The van der Waals surface area contributed by atoms with E-state index in [-0.39, 0.29) is 5.91 Å². The minimum absolute atomic E-state index is 0.0691. The molecule has 2 aromatic heterocycles. The summed E-state index contributed by atoms with van der Waals surface area (Å²) in [7, 11) is 0. The van der Waals surface area contributed by atoms with Crippen molar-refractivity contribution in [2.45, 2.75) is 19.3 Å². The largest absolute Gasteiger partial charge is 0.494 e. The van der Waals surface area contributed by atoms with E-state index in [2.05, 4.69) is 20.7 Å². The summed E-state index contributed by atoms with van der Waals surface area (Å²) < 4.78 is 7.58. The number of aromatic nitrogens is 3. The number of nitrogens with zero attached hydrogens (tertiary/aromatic N) is 3. The molecule has 3 heterocycles. The van der Waals surface area contributed by atoms with Crippen molar-refractivity contribution in [1.29, 1.82) is 0 Å². The number of hydrogen-bond acceptors (Lipinski definition) is 5. The lowest BCUT2D eigenvalue weighted by atomic mass is 10.1. The maximum Gasteiger partial charge on any atom is 0.220 e. The van der Waals surface area contributed by atoms with Crippen molar-refractivity contribution in [3.05, 3.63) is 42.7 Å². The normalized spacial score (nSPS) is 15.8. The number of ether oxygens (including phenoxy) is 1. The smallest absolute Gasteiger partial charge is 0.220 e. The average molecular weight is 351 g/mol. The Morgan fingerprint density at radius 1 is 1.12 bits per heavy atom. The average Bonchev–Trinajstić information content (AvgIpc) is 3.08. The molecule has 0 radical (unpaired) electrons. The molecule has 3 aromatic rings. The van der Waals surface area contributed by atoms with E-state index >= 15 is 0 Å². The van der Waals surface area contributed by atoms with Gasteiger partial charge in [-0.25, -0.2) is 9.50 Å². The molecule has 4 rings (SSSR count). The molecule has 0 aliphatic carbocycles. The molecule has 0 saturated carbocycles. The van der Waals surface area contributed by atoms with Crippen LogP contribution in [-0.2, 0) is 4.79 Å². The van der Waals surface area contributed by atoms with Gasteiger partial charge in [0.15, 0.2) is 5.65 Å². The molecule has 0 spiro atoms. The predicted molar refractivity (Wildman–Crippen MR) is 99.3 cm³/mol. The summed E-state index contributed by atoms with van der Waals surface area (Å²) in [6, 6.07) is 9.81. The van der Waals surface area contributed by atoms with Crippen LogP contribution in [0.1, 0.15) is 19.3 Å². The number of hydrogen-bond donors (Lipinski definition) is 2. The first-order valence-corrected chi connectivity index (χ1v) is 8.88. The standard InChI is InChI=1S/C19H21N5O2/c25-18-6-2-8-20-17-7-10-24-19(23-17)16(13-22-24)14-4-1-5-15(12-14)26-11-3-9-21-18/h1,4-5,7,10,12-13H,2-3,6,8-9,11H2,(H,20,23)(H,21,25). The third-order valence-electron chi connectivity index (χ3n) is 4.31. The molecular formula is C19H21N5O2. The third kappa shape index (κ3) is 3.61. The van der Waals surface area contributed by atoms with Crippen LogP contribution in [0.25, 0.3) is 16.8 Å². The van der Waals surface area contributed by atoms with Crippen molar-refractivity contribution in [2.75, 3.05) is 25.0 Å². The molecule has 0 atom stereocenters. The first-order valence-electron chi connectivity index (χ1n) is 8.88. The molecule has 134 valence electrons. The molecule has 0 unspecified atom stereocenters. The van der Waals surface area contributed by atoms with Crippen molar-refractivity contribution in [1.82, 2.24) is 19.9 Å². The molecular weight excluding hydrogens is 330 g/mol. The monoisotopic (exact) mass is 351 g/mol. The number of carbonyl (C=O) groups excluding carboxylic acids is 1. The van der Waals surface area contributed by atoms with Crippen molar-refractivity contribution in [2.24, 2.45) is 0 Å². The van der Waals surface area contributed by atoms with E-state index in [1.165, 1.54) is 0 Å². The van der Waals surface area contributed by atoms with E-state index in [4.69, 9.17) is 4.74 Å². The highest BCUT2D eigenvalue weighted by atomic mass is 16.5. The molecule has 26 heavy (non-hydrogen) atoms. The van der Waals surface area contributed by atoms with Gasteiger partial charge in [0.05, 0.1) is 12.8 Å². The number of benzene rings is 1. The second-order valence-electron chi connectivity index (χ2n) is 6.25. The van der Waals surface area contributed by atoms with Gasteiger partial charge in [0, 0.05) is 31.3 Å². The van der Waals surface area contributed by atoms with Crippen LogP contribution < -0.4 is 15.4 Å². The highest BCUT2D eigenvalue weighted by Crippen LogP contribution is 2.27. The molecule has 7 nitrogen and oxygen atoms in total. The van der Waals surface area contributed by atoms with Gasteiger partial charge < -0.3 is 15.4 Å². The van der Waals surface area contributed by atoms with Gasteiger partial charge in [0.2, 0.25) is 5.91 Å². The number of carbonyl (C=O) groups is 1. The first-order chi connectivity index (χ1) is 12.8. The number of anilines is 1. The van der Waals surface area contributed by atoms with Crippen LogP contribution in [0.2, 0.25) is 0 Å². The molecule has 7 heteroatoms. The molecule has 1 amide bonds. The predicted octanol–water partition coefficient (Wildman–Crippen LogP) is 2.49. The minimum Gasteiger partial charge on any atom is -0.494 e. The highest BCUT2D eigenvalue weighted by molar-refractivity contribution is 5.78. The zero-order chi connectivity index (χ0) is 17.8. The van der Waals surface area contributed by atoms with Crippen molar-refractivity contribution in [3.63, 3.8) is 0 Å². The second-order valence-corrected chi connectivity index (χ2v) is 6.25. The number of rotatable bonds is 0. The van der Waals surface area contributed by atoms with Crippen molar-refractivity contribution >= 4 is 17.4 Å². The van der Waals surface area contributed by atoms with E-state index in [9.17, 15) is 4.79 Å². The van der Waals surface area contributed by atoms with Crippen molar-refractivity contribution in [3.8, 4) is 16.9 Å². The number of fused-ring (bicyclic) bond motifs is 4. The fourth-order valence-electron chi connectivity index (χ4n) is 2.97. The van der Waals surface area contributed by atoms with Gasteiger partial charge in [-0.05, 0) is 36.6 Å². The third-order valence-corrected chi connectivity index (χ3v) is 4.31. The fourth-order valence-corrected chi connectivity index (χ4v) is 2.97. The van der Waals surface area contributed by atoms with Crippen LogP contribution in [0.5, 0.6) is 5.75 Å².